The number of anilines is 1. The molecule has 180 valence electrons. The number of hydrogen-bond acceptors (Lipinski definition) is 5. The minimum absolute atomic E-state index is 0.266. The standard InChI is InChI=1S/C27H27ClN4O3/c1-34-26-18-21(30-27(33)13-11-24-22-4-2-3-5-23(22)31-32-24)10-12-25(26)35-17-16-29-15-14-19-6-8-20(28)9-7-19/h2-13,18,29H,14-17H2,1H3,(H,30,33)(H,31,32). The molecule has 0 aliphatic carbocycles. The summed E-state index contributed by atoms with van der Waals surface area (Å²) < 4.78 is 11.3. The third-order valence-corrected chi connectivity index (χ3v) is 5.62. The highest BCUT2D eigenvalue weighted by molar-refractivity contribution is 6.30. The van der Waals surface area contributed by atoms with Crippen LogP contribution in [0.1, 0.15) is 11.3 Å². The molecule has 0 atom stereocenters. The number of nitrogens with zero attached hydrogens (tertiary/aromatic N) is 1. The van der Waals surface area contributed by atoms with Gasteiger partial charge in [-0.25, -0.2) is 0 Å². The van der Waals surface area contributed by atoms with Crippen LogP contribution in [0.15, 0.2) is 72.8 Å². The van der Waals surface area contributed by atoms with Crippen molar-refractivity contribution in [3.05, 3.63) is 89.1 Å². The first-order chi connectivity index (χ1) is 17.1. The first-order valence-corrected chi connectivity index (χ1v) is 11.7. The maximum Gasteiger partial charge on any atom is 0.248 e. The average Bonchev–Trinajstić information content (AvgIpc) is 3.29. The number of H-pyrrole nitrogens is 1. The van der Waals surface area contributed by atoms with Gasteiger partial charge in [0.05, 0.1) is 18.3 Å². The number of benzene rings is 3. The summed E-state index contributed by atoms with van der Waals surface area (Å²) in [4.78, 5) is 12.4. The second kappa shape index (κ2) is 12.1. The van der Waals surface area contributed by atoms with Crippen LogP contribution < -0.4 is 20.1 Å². The Morgan fingerprint density at radius 2 is 1.89 bits per heavy atom. The SMILES string of the molecule is COc1cc(NC(=O)C=Cc2n[nH]c3ccccc23)ccc1OCCNCCc1ccc(Cl)cc1. The average molecular weight is 491 g/mol. The molecule has 4 rings (SSSR count). The van der Waals surface area contributed by atoms with E-state index < -0.39 is 0 Å². The van der Waals surface area contributed by atoms with Crippen molar-refractivity contribution < 1.29 is 14.3 Å². The molecule has 1 amide bonds. The smallest absolute Gasteiger partial charge is 0.248 e. The number of halogens is 1. The van der Waals surface area contributed by atoms with E-state index in [0.717, 1.165) is 28.9 Å². The molecule has 0 unspecified atom stereocenters. The second-order valence-corrected chi connectivity index (χ2v) is 8.25. The Labute approximate surface area is 209 Å². The second-order valence-electron chi connectivity index (χ2n) is 7.82. The fourth-order valence-corrected chi connectivity index (χ4v) is 3.68. The van der Waals surface area contributed by atoms with E-state index in [9.17, 15) is 4.79 Å². The van der Waals surface area contributed by atoms with Crippen molar-refractivity contribution >= 4 is 40.2 Å². The number of nitrogens with one attached hydrogen (secondary N) is 3. The molecule has 1 aromatic heterocycles. The molecule has 3 aromatic carbocycles. The van der Waals surface area contributed by atoms with Crippen LogP contribution in [0.2, 0.25) is 5.02 Å². The molecule has 7 nitrogen and oxygen atoms in total. The van der Waals surface area contributed by atoms with E-state index in [2.05, 4.69) is 20.8 Å². The maximum atomic E-state index is 12.4. The molecular formula is C27H27ClN4O3. The van der Waals surface area contributed by atoms with Crippen LogP contribution in [0.4, 0.5) is 5.69 Å². The summed E-state index contributed by atoms with van der Waals surface area (Å²) in [6, 6.07) is 20.9. The molecular weight excluding hydrogens is 464 g/mol. The summed E-state index contributed by atoms with van der Waals surface area (Å²) in [5.41, 5.74) is 3.47. The highest BCUT2D eigenvalue weighted by Gasteiger charge is 2.08. The topological polar surface area (TPSA) is 88.3 Å². The van der Waals surface area contributed by atoms with Gasteiger partial charge in [0.1, 0.15) is 6.61 Å². The monoisotopic (exact) mass is 490 g/mol. The zero-order chi connectivity index (χ0) is 24.5. The summed E-state index contributed by atoms with van der Waals surface area (Å²) in [6.45, 7) is 2.03. The number of amides is 1. The van der Waals surface area contributed by atoms with E-state index >= 15 is 0 Å². The predicted octanol–water partition coefficient (Wildman–Crippen LogP) is 5.09. The number of carbonyl (C=O) groups is 1. The minimum Gasteiger partial charge on any atom is -0.493 e. The lowest BCUT2D eigenvalue weighted by atomic mass is 10.1. The molecule has 3 N–H and O–H groups in total. The molecule has 0 bridgehead atoms. The molecule has 8 heteroatoms. The Morgan fingerprint density at radius 1 is 1.06 bits per heavy atom. The number of aromatic nitrogens is 2. The lowest BCUT2D eigenvalue weighted by Crippen LogP contribution is -2.23. The molecule has 0 fully saturated rings. The van der Waals surface area contributed by atoms with Crippen molar-refractivity contribution in [2.75, 3.05) is 32.1 Å². The number of ether oxygens (including phenoxy) is 2. The van der Waals surface area contributed by atoms with E-state index in [1.165, 1.54) is 11.6 Å². The van der Waals surface area contributed by atoms with Crippen LogP contribution in [0, 0.1) is 0 Å². The van der Waals surface area contributed by atoms with Gasteiger partial charge in [0.15, 0.2) is 11.5 Å². The summed E-state index contributed by atoms with van der Waals surface area (Å²) >= 11 is 5.91. The number of aromatic amines is 1. The van der Waals surface area contributed by atoms with Gasteiger partial charge in [-0.05, 0) is 54.9 Å². The zero-order valence-corrected chi connectivity index (χ0v) is 20.1. The molecule has 1 heterocycles. The lowest BCUT2D eigenvalue weighted by molar-refractivity contribution is -0.111. The number of rotatable bonds is 11. The van der Waals surface area contributed by atoms with Crippen LogP contribution in [-0.2, 0) is 11.2 Å². The summed E-state index contributed by atoms with van der Waals surface area (Å²) in [6.07, 6.45) is 4.05. The zero-order valence-electron chi connectivity index (χ0n) is 19.4. The van der Waals surface area contributed by atoms with Gasteiger partial charge in [-0.2, -0.15) is 5.10 Å². The number of hydrogen-bond donors (Lipinski definition) is 3. The van der Waals surface area contributed by atoms with Gasteiger partial charge in [0, 0.05) is 34.8 Å². The Bertz CT molecular complexity index is 1300. The largest absolute Gasteiger partial charge is 0.493 e. The first kappa shape index (κ1) is 24.3. The van der Waals surface area contributed by atoms with Crippen molar-refractivity contribution in [2.24, 2.45) is 0 Å². The van der Waals surface area contributed by atoms with E-state index in [0.29, 0.717) is 36.0 Å². The molecule has 4 aromatic rings. The van der Waals surface area contributed by atoms with Crippen molar-refractivity contribution in [3.63, 3.8) is 0 Å². The molecule has 0 saturated carbocycles. The maximum absolute atomic E-state index is 12.4. The molecule has 0 aliphatic heterocycles. The van der Waals surface area contributed by atoms with Gasteiger partial charge >= 0.3 is 0 Å². The Morgan fingerprint density at radius 3 is 2.71 bits per heavy atom. The molecule has 0 spiro atoms. The minimum atomic E-state index is -0.266. The van der Waals surface area contributed by atoms with Gasteiger partial charge in [-0.3, -0.25) is 9.89 Å². The molecule has 35 heavy (non-hydrogen) atoms. The quantitative estimate of drug-likeness (QED) is 0.201. The summed E-state index contributed by atoms with van der Waals surface area (Å²) in [7, 11) is 1.57. The molecule has 0 saturated heterocycles. The first-order valence-electron chi connectivity index (χ1n) is 11.3. The lowest BCUT2D eigenvalue weighted by Gasteiger charge is -2.13. The van der Waals surface area contributed by atoms with Crippen LogP contribution in [0.25, 0.3) is 17.0 Å². The fraction of sp³-hybridized carbons (Fsp3) is 0.185. The van der Waals surface area contributed by atoms with Gasteiger partial charge < -0.3 is 20.1 Å². The number of para-hydroxylation sites is 1. The van der Waals surface area contributed by atoms with Gasteiger partial charge in [0.25, 0.3) is 0 Å². The normalized spacial score (nSPS) is 11.1. The highest BCUT2D eigenvalue weighted by Crippen LogP contribution is 2.30. The third kappa shape index (κ3) is 6.85. The van der Waals surface area contributed by atoms with E-state index in [1.54, 1.807) is 31.4 Å². The van der Waals surface area contributed by atoms with Crippen molar-refractivity contribution in [1.82, 2.24) is 15.5 Å². The van der Waals surface area contributed by atoms with E-state index in [-0.39, 0.29) is 5.91 Å². The van der Waals surface area contributed by atoms with Crippen molar-refractivity contribution in [2.45, 2.75) is 6.42 Å². The van der Waals surface area contributed by atoms with Crippen molar-refractivity contribution in [1.29, 1.82) is 0 Å². The van der Waals surface area contributed by atoms with Gasteiger partial charge in [-0.1, -0.05) is 41.9 Å². The number of methoxy groups -OCH3 is 1. The summed E-state index contributed by atoms with van der Waals surface area (Å²) in [5.74, 6) is 0.896. The van der Waals surface area contributed by atoms with Crippen molar-refractivity contribution in [3.8, 4) is 11.5 Å². The van der Waals surface area contributed by atoms with Gasteiger partial charge in [0.2, 0.25) is 5.91 Å². The van der Waals surface area contributed by atoms with E-state index in [1.807, 2.05) is 48.5 Å². The fourth-order valence-electron chi connectivity index (χ4n) is 3.56. The number of fused-ring (bicyclic) bond motifs is 1. The Kier molecular flexibility index (Phi) is 8.38. The van der Waals surface area contributed by atoms with E-state index in [4.69, 9.17) is 21.1 Å². The molecule has 0 aliphatic rings. The predicted molar refractivity (Wildman–Crippen MR) is 140 cm³/mol. The third-order valence-electron chi connectivity index (χ3n) is 5.36. The molecule has 0 radical (unpaired) electrons. The van der Waals surface area contributed by atoms with Crippen LogP contribution in [0.5, 0.6) is 11.5 Å². The van der Waals surface area contributed by atoms with Gasteiger partial charge in [-0.15, -0.1) is 0 Å². The Hall–Kier alpha value is -3.81. The summed E-state index contributed by atoms with van der Waals surface area (Å²) in [5, 5.41) is 15.1. The van der Waals surface area contributed by atoms with Crippen LogP contribution in [-0.4, -0.2) is 42.9 Å². The Balaban J connectivity index is 1.24. The number of carbonyl (C=O) groups excluding carboxylic acids is 1. The van der Waals surface area contributed by atoms with Crippen LogP contribution in [0.3, 0.4) is 0 Å². The highest BCUT2D eigenvalue weighted by atomic mass is 35.5. The van der Waals surface area contributed by atoms with Crippen LogP contribution >= 0.6 is 11.6 Å².